The van der Waals surface area contributed by atoms with E-state index in [9.17, 15) is 0 Å². The summed E-state index contributed by atoms with van der Waals surface area (Å²) in [6.07, 6.45) is 1.69. The van der Waals surface area contributed by atoms with Crippen LogP contribution in [0.1, 0.15) is 5.56 Å². The van der Waals surface area contributed by atoms with Gasteiger partial charge in [-0.1, -0.05) is 53.7 Å². The Kier molecular flexibility index (Phi) is 4.09. The molecular formula is C16H12ClNOS. The van der Waals surface area contributed by atoms with Crippen LogP contribution < -0.4 is 0 Å². The Bertz CT molecular complexity index is 679. The van der Waals surface area contributed by atoms with Crippen LogP contribution in [0.4, 0.5) is 0 Å². The lowest BCUT2D eigenvalue weighted by Crippen LogP contribution is -1.80. The molecule has 100 valence electrons. The van der Waals surface area contributed by atoms with Crippen molar-refractivity contribution in [3.63, 3.8) is 0 Å². The van der Waals surface area contributed by atoms with Crippen LogP contribution in [-0.4, -0.2) is 4.98 Å². The monoisotopic (exact) mass is 301 g/mol. The SMILES string of the molecule is Clc1ccc(-c2nc(SCc3ccccc3)co2)cc1. The molecule has 0 saturated carbocycles. The first-order valence-electron chi connectivity index (χ1n) is 6.19. The van der Waals surface area contributed by atoms with Crippen molar-refractivity contribution in [3.05, 3.63) is 71.4 Å². The van der Waals surface area contributed by atoms with E-state index in [0.717, 1.165) is 16.3 Å². The zero-order chi connectivity index (χ0) is 13.8. The third-order valence-electron chi connectivity index (χ3n) is 2.80. The van der Waals surface area contributed by atoms with Gasteiger partial charge in [0, 0.05) is 16.3 Å². The van der Waals surface area contributed by atoms with Crippen molar-refractivity contribution < 1.29 is 4.42 Å². The number of rotatable bonds is 4. The molecule has 0 fully saturated rings. The average molecular weight is 302 g/mol. The van der Waals surface area contributed by atoms with E-state index in [2.05, 4.69) is 17.1 Å². The summed E-state index contributed by atoms with van der Waals surface area (Å²) in [6, 6.07) is 17.8. The molecule has 0 saturated heterocycles. The molecule has 0 N–H and O–H groups in total. The second kappa shape index (κ2) is 6.16. The average Bonchev–Trinajstić information content (AvgIpc) is 2.96. The molecule has 3 rings (SSSR count). The molecule has 2 nitrogen and oxygen atoms in total. The molecule has 4 heteroatoms. The highest BCUT2D eigenvalue weighted by atomic mass is 35.5. The van der Waals surface area contributed by atoms with Crippen molar-refractivity contribution in [2.24, 2.45) is 0 Å². The Hall–Kier alpha value is -1.71. The Morgan fingerprint density at radius 3 is 2.50 bits per heavy atom. The molecule has 3 aromatic rings. The minimum atomic E-state index is 0.622. The number of benzene rings is 2. The summed E-state index contributed by atoms with van der Waals surface area (Å²) in [4.78, 5) is 4.48. The van der Waals surface area contributed by atoms with Crippen molar-refractivity contribution in [2.75, 3.05) is 0 Å². The Morgan fingerprint density at radius 2 is 1.75 bits per heavy atom. The van der Waals surface area contributed by atoms with Crippen LogP contribution in [0.15, 0.2) is 70.3 Å². The molecule has 1 heterocycles. The van der Waals surface area contributed by atoms with Gasteiger partial charge in [0.05, 0.1) is 0 Å². The number of halogens is 1. The molecule has 0 aliphatic rings. The van der Waals surface area contributed by atoms with Gasteiger partial charge in [-0.05, 0) is 29.8 Å². The van der Waals surface area contributed by atoms with E-state index >= 15 is 0 Å². The largest absolute Gasteiger partial charge is 0.443 e. The molecule has 0 spiro atoms. The first kappa shape index (κ1) is 13.3. The van der Waals surface area contributed by atoms with E-state index < -0.39 is 0 Å². The summed E-state index contributed by atoms with van der Waals surface area (Å²) in [6.45, 7) is 0. The highest BCUT2D eigenvalue weighted by Crippen LogP contribution is 2.26. The Balaban J connectivity index is 1.69. The lowest BCUT2D eigenvalue weighted by Gasteiger charge is -1.97. The fraction of sp³-hybridized carbons (Fsp3) is 0.0625. The molecule has 2 aromatic carbocycles. The minimum Gasteiger partial charge on any atom is -0.443 e. The molecule has 0 bridgehead atoms. The summed E-state index contributed by atoms with van der Waals surface area (Å²) >= 11 is 7.53. The topological polar surface area (TPSA) is 26.0 Å². The highest BCUT2D eigenvalue weighted by molar-refractivity contribution is 7.98. The number of hydrogen-bond acceptors (Lipinski definition) is 3. The van der Waals surface area contributed by atoms with E-state index in [-0.39, 0.29) is 0 Å². The third kappa shape index (κ3) is 3.24. The van der Waals surface area contributed by atoms with Gasteiger partial charge in [-0.3, -0.25) is 0 Å². The van der Waals surface area contributed by atoms with Gasteiger partial charge in [-0.15, -0.1) is 0 Å². The molecule has 0 radical (unpaired) electrons. The number of nitrogens with zero attached hydrogens (tertiary/aromatic N) is 1. The maximum absolute atomic E-state index is 5.87. The molecule has 0 aliphatic heterocycles. The minimum absolute atomic E-state index is 0.622. The first-order valence-corrected chi connectivity index (χ1v) is 7.56. The van der Waals surface area contributed by atoms with E-state index in [0.29, 0.717) is 10.9 Å². The Labute approximate surface area is 126 Å². The van der Waals surface area contributed by atoms with Crippen molar-refractivity contribution in [1.29, 1.82) is 0 Å². The second-order valence-electron chi connectivity index (χ2n) is 4.27. The van der Waals surface area contributed by atoms with Crippen LogP contribution in [0.5, 0.6) is 0 Å². The lowest BCUT2D eigenvalue weighted by molar-refractivity contribution is 0.571. The number of thioether (sulfide) groups is 1. The predicted molar refractivity (Wildman–Crippen MR) is 83.0 cm³/mol. The highest BCUT2D eigenvalue weighted by Gasteiger charge is 2.07. The van der Waals surface area contributed by atoms with Gasteiger partial charge in [0.15, 0.2) is 0 Å². The molecule has 20 heavy (non-hydrogen) atoms. The van der Waals surface area contributed by atoms with Crippen LogP contribution in [-0.2, 0) is 5.75 Å². The van der Waals surface area contributed by atoms with Gasteiger partial charge in [0.25, 0.3) is 0 Å². The third-order valence-corrected chi connectivity index (χ3v) is 4.02. The van der Waals surface area contributed by atoms with E-state index in [1.807, 2.05) is 42.5 Å². The Morgan fingerprint density at radius 1 is 1.00 bits per heavy atom. The normalized spacial score (nSPS) is 10.7. The molecule has 1 aromatic heterocycles. The zero-order valence-corrected chi connectivity index (χ0v) is 12.2. The fourth-order valence-corrected chi connectivity index (χ4v) is 2.68. The first-order chi connectivity index (χ1) is 9.81. The summed E-state index contributed by atoms with van der Waals surface area (Å²) in [5, 5.41) is 1.60. The number of hydrogen-bond donors (Lipinski definition) is 0. The fourth-order valence-electron chi connectivity index (χ4n) is 1.78. The van der Waals surface area contributed by atoms with Crippen molar-refractivity contribution in [1.82, 2.24) is 4.98 Å². The van der Waals surface area contributed by atoms with Crippen LogP contribution in [0.2, 0.25) is 5.02 Å². The number of aromatic nitrogens is 1. The van der Waals surface area contributed by atoms with E-state index in [1.165, 1.54) is 5.56 Å². The van der Waals surface area contributed by atoms with Gasteiger partial charge in [0.2, 0.25) is 5.89 Å². The standard InChI is InChI=1S/C16H12ClNOS/c17-14-8-6-13(7-9-14)16-18-15(10-19-16)20-11-12-4-2-1-3-5-12/h1-10H,11H2. The number of oxazole rings is 1. The maximum atomic E-state index is 5.87. The summed E-state index contributed by atoms with van der Waals surface area (Å²) in [5.74, 6) is 1.50. The summed E-state index contributed by atoms with van der Waals surface area (Å²) < 4.78 is 5.50. The van der Waals surface area contributed by atoms with E-state index in [4.69, 9.17) is 16.0 Å². The van der Waals surface area contributed by atoms with Gasteiger partial charge in [-0.25, -0.2) is 4.98 Å². The predicted octanol–water partition coefficient (Wildman–Crippen LogP) is 5.29. The van der Waals surface area contributed by atoms with Gasteiger partial charge in [0.1, 0.15) is 11.3 Å². The van der Waals surface area contributed by atoms with Crippen molar-refractivity contribution >= 4 is 23.4 Å². The van der Waals surface area contributed by atoms with Crippen LogP contribution >= 0.6 is 23.4 Å². The lowest BCUT2D eigenvalue weighted by atomic mass is 10.2. The summed E-state index contributed by atoms with van der Waals surface area (Å²) in [7, 11) is 0. The van der Waals surface area contributed by atoms with Gasteiger partial charge in [-0.2, -0.15) is 0 Å². The zero-order valence-electron chi connectivity index (χ0n) is 10.6. The van der Waals surface area contributed by atoms with E-state index in [1.54, 1.807) is 18.0 Å². The molecule has 0 amide bonds. The summed E-state index contributed by atoms with van der Waals surface area (Å²) in [5.41, 5.74) is 2.20. The van der Waals surface area contributed by atoms with Crippen molar-refractivity contribution in [2.45, 2.75) is 10.8 Å². The van der Waals surface area contributed by atoms with Crippen LogP contribution in [0.3, 0.4) is 0 Å². The van der Waals surface area contributed by atoms with Gasteiger partial charge < -0.3 is 4.42 Å². The van der Waals surface area contributed by atoms with Crippen LogP contribution in [0, 0.1) is 0 Å². The van der Waals surface area contributed by atoms with Crippen LogP contribution in [0.25, 0.3) is 11.5 Å². The smallest absolute Gasteiger partial charge is 0.227 e. The molecular weight excluding hydrogens is 290 g/mol. The second-order valence-corrected chi connectivity index (χ2v) is 5.70. The molecule has 0 unspecified atom stereocenters. The quantitative estimate of drug-likeness (QED) is 0.613. The van der Waals surface area contributed by atoms with Crippen molar-refractivity contribution in [3.8, 4) is 11.5 Å². The maximum Gasteiger partial charge on any atom is 0.227 e. The molecule has 0 atom stereocenters. The molecule has 0 aliphatic carbocycles. The van der Waals surface area contributed by atoms with Gasteiger partial charge >= 0.3 is 0 Å².